The Morgan fingerprint density at radius 2 is 1.48 bits per heavy atom. The van der Waals surface area contributed by atoms with Gasteiger partial charge in [0, 0.05) is 29.2 Å². The number of para-hydroxylation sites is 2. The number of halogens is 3. The highest BCUT2D eigenvalue weighted by Crippen LogP contribution is 2.34. The van der Waals surface area contributed by atoms with Gasteiger partial charge in [0.25, 0.3) is 5.91 Å². The van der Waals surface area contributed by atoms with Crippen LogP contribution >= 0.6 is 0 Å². The van der Waals surface area contributed by atoms with Crippen LogP contribution < -0.4 is 5.01 Å². The van der Waals surface area contributed by atoms with Gasteiger partial charge >= 0.3 is 6.18 Å². The van der Waals surface area contributed by atoms with Gasteiger partial charge in [-0.3, -0.25) is 4.79 Å². The predicted octanol–water partition coefficient (Wildman–Crippen LogP) is 6.04. The number of hydrogen-bond acceptors (Lipinski definition) is 2. The zero-order chi connectivity index (χ0) is 23.0. The first-order chi connectivity index (χ1) is 15.9. The molecule has 0 fully saturated rings. The summed E-state index contributed by atoms with van der Waals surface area (Å²) in [5, 5.41) is 5.20. The fourth-order valence-electron chi connectivity index (χ4n) is 3.95. The van der Waals surface area contributed by atoms with Crippen LogP contribution in [0.3, 0.4) is 0 Å². The number of carbonyl (C=O) groups excluding carboxylic acids is 1. The summed E-state index contributed by atoms with van der Waals surface area (Å²) < 4.78 is 43.4. The van der Waals surface area contributed by atoms with Crippen molar-refractivity contribution in [3.05, 3.63) is 108 Å². The monoisotopic (exact) mass is 445 g/mol. The summed E-state index contributed by atoms with van der Waals surface area (Å²) in [5.41, 5.74) is 1.05. The van der Waals surface area contributed by atoms with Gasteiger partial charge in [-0.15, -0.1) is 0 Å². The minimum Gasteiger partial charge on any atom is -0.342 e. The first-order valence-electron chi connectivity index (χ1n) is 10.3. The van der Waals surface area contributed by atoms with E-state index in [0.29, 0.717) is 12.1 Å². The molecule has 0 spiro atoms. The molecule has 1 aliphatic heterocycles. The van der Waals surface area contributed by atoms with Crippen LogP contribution in [0.4, 0.5) is 18.9 Å². The number of rotatable bonds is 4. The van der Waals surface area contributed by atoms with E-state index >= 15 is 0 Å². The molecule has 1 amide bonds. The number of nitrogens with zero attached hydrogens (tertiary/aromatic N) is 3. The molecule has 0 saturated carbocycles. The zero-order valence-electron chi connectivity index (χ0n) is 17.3. The molecular formula is C26H18F3N3O. The Bertz CT molecular complexity index is 1390. The standard InChI is InChI=1S/C26H18F3N3O/c27-26(28,29)24-22(25(33)32(30-24)20-11-5-2-6-12-20)15-19-17-31(16-18-9-3-1-4-10-18)23-14-8-7-13-21(19)23/h1-15,17H,16H2/b22-15-. The molecule has 3 aromatic carbocycles. The van der Waals surface area contributed by atoms with Crippen LogP contribution in [0.1, 0.15) is 11.1 Å². The van der Waals surface area contributed by atoms with E-state index in [1.165, 1.54) is 6.08 Å². The van der Waals surface area contributed by atoms with Crippen molar-refractivity contribution in [1.29, 1.82) is 0 Å². The van der Waals surface area contributed by atoms with Gasteiger partial charge in [0.15, 0.2) is 5.71 Å². The van der Waals surface area contributed by atoms with E-state index in [-0.39, 0.29) is 5.69 Å². The molecule has 1 aliphatic rings. The second-order valence-electron chi connectivity index (χ2n) is 7.67. The number of benzene rings is 3. The van der Waals surface area contributed by atoms with Gasteiger partial charge in [0.2, 0.25) is 0 Å². The zero-order valence-corrected chi connectivity index (χ0v) is 17.3. The maximum Gasteiger partial charge on any atom is 0.435 e. The fourth-order valence-corrected chi connectivity index (χ4v) is 3.95. The van der Waals surface area contributed by atoms with E-state index in [9.17, 15) is 18.0 Å². The number of alkyl halides is 3. The summed E-state index contributed by atoms with van der Waals surface area (Å²) in [7, 11) is 0. The van der Waals surface area contributed by atoms with Crippen LogP contribution in [-0.2, 0) is 11.3 Å². The van der Waals surface area contributed by atoms with Crippen molar-refractivity contribution in [2.24, 2.45) is 5.10 Å². The average Bonchev–Trinajstić information content (AvgIpc) is 3.33. The van der Waals surface area contributed by atoms with E-state index in [4.69, 9.17) is 0 Å². The molecule has 164 valence electrons. The Kier molecular flexibility index (Phi) is 5.09. The summed E-state index contributed by atoms with van der Waals surface area (Å²) in [6.07, 6.45) is -1.70. The Labute approximate surface area is 187 Å². The summed E-state index contributed by atoms with van der Waals surface area (Å²) >= 11 is 0. The molecule has 4 aromatic rings. The largest absolute Gasteiger partial charge is 0.435 e. The lowest BCUT2D eigenvalue weighted by molar-refractivity contribution is -0.114. The average molecular weight is 445 g/mol. The van der Waals surface area contributed by atoms with Crippen molar-refractivity contribution in [3.63, 3.8) is 0 Å². The third-order valence-electron chi connectivity index (χ3n) is 5.46. The van der Waals surface area contributed by atoms with E-state index in [1.807, 2.05) is 59.2 Å². The summed E-state index contributed by atoms with van der Waals surface area (Å²) in [5.74, 6) is -0.812. The van der Waals surface area contributed by atoms with Gasteiger partial charge < -0.3 is 4.57 Å². The first-order valence-corrected chi connectivity index (χ1v) is 10.3. The number of hydrazone groups is 1. The minimum absolute atomic E-state index is 0.277. The molecule has 2 heterocycles. The quantitative estimate of drug-likeness (QED) is 0.353. The number of fused-ring (bicyclic) bond motifs is 1. The van der Waals surface area contributed by atoms with Gasteiger partial charge in [-0.2, -0.15) is 23.3 Å². The highest BCUT2D eigenvalue weighted by molar-refractivity contribution is 6.34. The lowest BCUT2D eigenvalue weighted by atomic mass is 10.1. The molecule has 7 heteroatoms. The smallest absolute Gasteiger partial charge is 0.342 e. The molecule has 1 aromatic heterocycles. The van der Waals surface area contributed by atoms with Crippen LogP contribution in [-0.4, -0.2) is 22.4 Å². The number of aromatic nitrogens is 1. The number of hydrogen-bond donors (Lipinski definition) is 0. The van der Waals surface area contributed by atoms with Crippen molar-refractivity contribution in [3.8, 4) is 0 Å². The highest BCUT2D eigenvalue weighted by atomic mass is 19.4. The van der Waals surface area contributed by atoms with Gasteiger partial charge in [0.1, 0.15) is 0 Å². The van der Waals surface area contributed by atoms with Crippen LogP contribution in [0.5, 0.6) is 0 Å². The maximum atomic E-state index is 13.8. The topological polar surface area (TPSA) is 37.6 Å². The Morgan fingerprint density at radius 1 is 0.848 bits per heavy atom. The number of carbonyl (C=O) groups is 1. The normalized spacial score (nSPS) is 15.5. The highest BCUT2D eigenvalue weighted by Gasteiger charge is 2.46. The van der Waals surface area contributed by atoms with Crippen molar-refractivity contribution < 1.29 is 18.0 Å². The molecule has 0 aliphatic carbocycles. The molecule has 4 nitrogen and oxygen atoms in total. The molecular weight excluding hydrogens is 427 g/mol. The van der Waals surface area contributed by atoms with Gasteiger partial charge in [-0.25, -0.2) is 0 Å². The van der Waals surface area contributed by atoms with E-state index in [0.717, 1.165) is 21.5 Å². The maximum absolute atomic E-state index is 13.8. The molecule has 0 bridgehead atoms. The van der Waals surface area contributed by atoms with E-state index in [2.05, 4.69) is 5.10 Å². The predicted molar refractivity (Wildman–Crippen MR) is 123 cm³/mol. The SMILES string of the molecule is O=C1/C(=C\c2cn(Cc3ccccc3)c3ccccc23)C(C(F)(F)F)=NN1c1ccccc1. The van der Waals surface area contributed by atoms with Crippen molar-refractivity contribution in [2.75, 3.05) is 5.01 Å². The van der Waals surface area contributed by atoms with E-state index < -0.39 is 23.4 Å². The second kappa shape index (κ2) is 8.09. The van der Waals surface area contributed by atoms with E-state index in [1.54, 1.807) is 36.5 Å². The molecule has 0 unspecified atom stereocenters. The van der Waals surface area contributed by atoms with Crippen molar-refractivity contribution in [2.45, 2.75) is 12.7 Å². The Morgan fingerprint density at radius 3 is 2.18 bits per heavy atom. The van der Waals surface area contributed by atoms with Crippen LogP contribution in [0, 0.1) is 0 Å². The lowest BCUT2D eigenvalue weighted by Crippen LogP contribution is -2.25. The number of anilines is 1. The third kappa shape index (κ3) is 3.93. The van der Waals surface area contributed by atoms with Crippen molar-refractivity contribution >= 4 is 34.3 Å². The molecule has 0 N–H and O–H groups in total. The summed E-state index contributed by atoms with van der Waals surface area (Å²) in [6, 6.07) is 25.3. The molecule has 0 saturated heterocycles. The minimum atomic E-state index is -4.77. The fraction of sp³-hybridized carbons (Fsp3) is 0.0769. The van der Waals surface area contributed by atoms with Crippen molar-refractivity contribution in [1.82, 2.24) is 4.57 Å². The van der Waals surface area contributed by atoms with Gasteiger partial charge in [-0.05, 0) is 29.8 Å². The van der Waals surface area contributed by atoms with Crippen LogP contribution in [0.2, 0.25) is 0 Å². The Balaban J connectivity index is 1.61. The molecule has 0 atom stereocenters. The van der Waals surface area contributed by atoms with Crippen LogP contribution in [0.25, 0.3) is 17.0 Å². The Hall–Kier alpha value is -4.13. The number of amides is 1. The lowest BCUT2D eigenvalue weighted by Gasteiger charge is -2.10. The van der Waals surface area contributed by atoms with Crippen LogP contribution in [0.15, 0.2) is 102 Å². The first kappa shape index (κ1) is 20.8. The summed E-state index contributed by atoms with van der Waals surface area (Å²) in [4.78, 5) is 13.0. The molecule has 5 rings (SSSR count). The van der Waals surface area contributed by atoms with Gasteiger partial charge in [0.05, 0.1) is 11.3 Å². The molecule has 33 heavy (non-hydrogen) atoms. The third-order valence-corrected chi connectivity index (χ3v) is 5.46. The molecule has 0 radical (unpaired) electrons. The van der Waals surface area contributed by atoms with Gasteiger partial charge in [-0.1, -0.05) is 66.7 Å². The summed E-state index contributed by atoms with van der Waals surface area (Å²) in [6.45, 7) is 0.550. The second-order valence-corrected chi connectivity index (χ2v) is 7.67.